The number of anilines is 1. The monoisotopic (exact) mass is 327 g/mol. The summed E-state index contributed by atoms with van der Waals surface area (Å²) in [6.45, 7) is 3.71. The summed E-state index contributed by atoms with van der Waals surface area (Å²) in [5.41, 5.74) is 2.24. The van der Waals surface area contributed by atoms with E-state index in [1.165, 1.54) is 12.7 Å². The molecule has 1 amide bonds. The summed E-state index contributed by atoms with van der Waals surface area (Å²) in [5.74, 6) is 0.610. The Morgan fingerprint density at radius 2 is 1.92 bits per heavy atom. The predicted molar refractivity (Wildman–Crippen MR) is 92.9 cm³/mol. The third-order valence-electron chi connectivity index (χ3n) is 3.65. The van der Waals surface area contributed by atoms with Crippen molar-refractivity contribution < 1.29 is 19.1 Å². The average Bonchev–Trinajstić information content (AvgIpc) is 2.62. The zero-order valence-electron chi connectivity index (χ0n) is 14.0. The quantitative estimate of drug-likeness (QED) is 0.791. The number of hydrogen-bond acceptors (Lipinski definition) is 4. The first-order valence-electron chi connectivity index (χ1n) is 7.77. The number of rotatable bonds is 7. The van der Waals surface area contributed by atoms with Crippen molar-refractivity contribution in [1.29, 1.82) is 0 Å². The molecule has 5 heteroatoms. The Bertz CT molecular complexity index is 710. The zero-order valence-corrected chi connectivity index (χ0v) is 14.0. The first-order chi connectivity index (χ1) is 11.6. The molecule has 0 aromatic heterocycles. The van der Waals surface area contributed by atoms with Crippen LogP contribution in [0.15, 0.2) is 42.5 Å². The van der Waals surface area contributed by atoms with E-state index in [0.717, 1.165) is 6.42 Å². The van der Waals surface area contributed by atoms with E-state index in [4.69, 9.17) is 9.47 Å². The highest BCUT2D eigenvalue weighted by Crippen LogP contribution is 2.24. The number of methoxy groups -OCH3 is 1. The summed E-state index contributed by atoms with van der Waals surface area (Å²) in [7, 11) is 1.52. The Morgan fingerprint density at radius 3 is 2.50 bits per heavy atom. The van der Waals surface area contributed by atoms with Gasteiger partial charge in [-0.2, -0.15) is 0 Å². The van der Waals surface area contributed by atoms with Crippen molar-refractivity contribution in [1.82, 2.24) is 0 Å². The highest BCUT2D eigenvalue weighted by Gasteiger charge is 2.17. The normalized spacial score (nSPS) is 11.5. The smallest absolute Gasteiger partial charge is 0.265 e. The van der Waals surface area contributed by atoms with Gasteiger partial charge in [-0.05, 0) is 49.2 Å². The molecular weight excluding hydrogens is 306 g/mol. The van der Waals surface area contributed by atoms with E-state index in [9.17, 15) is 9.59 Å². The molecular formula is C19H21NO4. The lowest BCUT2D eigenvalue weighted by Crippen LogP contribution is -2.30. The summed E-state index contributed by atoms with van der Waals surface area (Å²) in [6, 6.07) is 12.5. The van der Waals surface area contributed by atoms with Gasteiger partial charge in [0.1, 0.15) is 11.5 Å². The number of aryl methyl sites for hydroxylation is 1. The van der Waals surface area contributed by atoms with Crippen LogP contribution < -0.4 is 14.8 Å². The molecule has 0 heterocycles. The molecule has 24 heavy (non-hydrogen) atoms. The van der Waals surface area contributed by atoms with E-state index >= 15 is 0 Å². The van der Waals surface area contributed by atoms with Crippen molar-refractivity contribution in [2.45, 2.75) is 26.4 Å². The maximum Gasteiger partial charge on any atom is 0.265 e. The second-order valence-electron chi connectivity index (χ2n) is 5.32. The van der Waals surface area contributed by atoms with E-state index in [1.807, 2.05) is 24.3 Å². The molecule has 2 aromatic rings. The number of ether oxygens (including phenoxy) is 2. The predicted octanol–water partition coefficient (Wildman–Crippen LogP) is 3.48. The largest absolute Gasteiger partial charge is 0.497 e. The molecule has 0 saturated heterocycles. The van der Waals surface area contributed by atoms with E-state index in [2.05, 4.69) is 12.2 Å². The van der Waals surface area contributed by atoms with Gasteiger partial charge in [-0.3, -0.25) is 9.59 Å². The summed E-state index contributed by atoms with van der Waals surface area (Å²) >= 11 is 0. The summed E-state index contributed by atoms with van der Waals surface area (Å²) in [4.78, 5) is 23.4. The molecule has 0 aliphatic rings. The van der Waals surface area contributed by atoms with Gasteiger partial charge in [0.05, 0.1) is 12.7 Å². The Balaban J connectivity index is 2.04. The molecule has 0 aliphatic carbocycles. The average molecular weight is 327 g/mol. The molecule has 0 unspecified atom stereocenters. The second-order valence-corrected chi connectivity index (χ2v) is 5.32. The van der Waals surface area contributed by atoms with Gasteiger partial charge < -0.3 is 14.8 Å². The maximum absolute atomic E-state index is 12.2. The van der Waals surface area contributed by atoms with E-state index in [1.54, 1.807) is 25.1 Å². The molecule has 1 atom stereocenters. The van der Waals surface area contributed by atoms with Crippen LogP contribution in [0.3, 0.4) is 0 Å². The van der Waals surface area contributed by atoms with E-state index in [0.29, 0.717) is 29.0 Å². The topological polar surface area (TPSA) is 64.6 Å². The van der Waals surface area contributed by atoms with E-state index in [-0.39, 0.29) is 5.91 Å². The zero-order chi connectivity index (χ0) is 17.5. The van der Waals surface area contributed by atoms with Crippen LogP contribution in [0.25, 0.3) is 0 Å². The fourth-order valence-electron chi connectivity index (χ4n) is 2.16. The SMILES string of the molecule is CCc1ccc(NC(=O)[C@H](C)Oc2ccc(OC)cc2C=O)cc1. The lowest BCUT2D eigenvalue weighted by atomic mass is 10.1. The van der Waals surface area contributed by atoms with Crippen LogP contribution in [0.2, 0.25) is 0 Å². The third-order valence-corrected chi connectivity index (χ3v) is 3.65. The van der Waals surface area contributed by atoms with Gasteiger partial charge in [0.25, 0.3) is 5.91 Å². The van der Waals surface area contributed by atoms with Crippen LogP contribution in [0.4, 0.5) is 5.69 Å². The van der Waals surface area contributed by atoms with Crippen molar-refractivity contribution >= 4 is 17.9 Å². The number of carbonyl (C=O) groups excluding carboxylic acids is 2. The first-order valence-corrected chi connectivity index (χ1v) is 7.77. The number of carbonyl (C=O) groups is 2. The van der Waals surface area contributed by atoms with E-state index < -0.39 is 6.10 Å². The minimum absolute atomic E-state index is 0.285. The maximum atomic E-state index is 12.2. The molecule has 2 aromatic carbocycles. The number of amides is 1. The minimum Gasteiger partial charge on any atom is -0.497 e. The van der Waals surface area contributed by atoms with Gasteiger partial charge in [-0.25, -0.2) is 0 Å². The van der Waals surface area contributed by atoms with Crippen molar-refractivity contribution in [3.63, 3.8) is 0 Å². The van der Waals surface area contributed by atoms with Gasteiger partial charge >= 0.3 is 0 Å². The van der Waals surface area contributed by atoms with Crippen molar-refractivity contribution in [2.75, 3.05) is 12.4 Å². The summed E-state index contributed by atoms with van der Waals surface area (Å²) in [6.07, 6.45) is 0.869. The minimum atomic E-state index is -0.747. The Morgan fingerprint density at radius 1 is 1.21 bits per heavy atom. The molecule has 0 spiro atoms. The van der Waals surface area contributed by atoms with Crippen LogP contribution in [0.1, 0.15) is 29.8 Å². The van der Waals surface area contributed by atoms with Crippen LogP contribution >= 0.6 is 0 Å². The van der Waals surface area contributed by atoms with Crippen LogP contribution in [0, 0.1) is 0 Å². The van der Waals surface area contributed by atoms with Crippen molar-refractivity contribution in [2.24, 2.45) is 0 Å². The number of benzene rings is 2. The van der Waals surface area contributed by atoms with Gasteiger partial charge in [-0.1, -0.05) is 19.1 Å². The molecule has 0 bridgehead atoms. The summed E-state index contributed by atoms with van der Waals surface area (Å²) in [5, 5.41) is 2.80. The highest BCUT2D eigenvalue weighted by atomic mass is 16.5. The fraction of sp³-hybridized carbons (Fsp3) is 0.263. The molecule has 126 valence electrons. The van der Waals surface area contributed by atoms with Gasteiger partial charge in [0.2, 0.25) is 0 Å². The van der Waals surface area contributed by atoms with Crippen molar-refractivity contribution in [3.8, 4) is 11.5 Å². The molecule has 0 aliphatic heterocycles. The molecule has 0 saturated carbocycles. The lowest BCUT2D eigenvalue weighted by Gasteiger charge is -2.16. The van der Waals surface area contributed by atoms with Gasteiger partial charge in [0.15, 0.2) is 12.4 Å². The Hall–Kier alpha value is -2.82. The lowest BCUT2D eigenvalue weighted by molar-refractivity contribution is -0.122. The fourth-order valence-corrected chi connectivity index (χ4v) is 2.16. The number of aldehydes is 1. The summed E-state index contributed by atoms with van der Waals surface area (Å²) < 4.78 is 10.7. The number of nitrogens with one attached hydrogen (secondary N) is 1. The van der Waals surface area contributed by atoms with Crippen LogP contribution in [-0.4, -0.2) is 25.4 Å². The Kier molecular flexibility index (Phi) is 5.95. The standard InChI is InChI=1S/C19H21NO4/c1-4-14-5-7-16(8-6-14)20-19(22)13(2)24-18-10-9-17(23-3)11-15(18)12-21/h5-13H,4H2,1-3H3,(H,20,22)/t13-/m0/s1. The third kappa shape index (κ3) is 4.35. The first kappa shape index (κ1) is 17.5. The van der Waals surface area contributed by atoms with Crippen LogP contribution in [-0.2, 0) is 11.2 Å². The molecule has 0 radical (unpaired) electrons. The number of hydrogen-bond donors (Lipinski definition) is 1. The van der Waals surface area contributed by atoms with Gasteiger partial charge in [0, 0.05) is 5.69 Å². The molecule has 1 N–H and O–H groups in total. The van der Waals surface area contributed by atoms with Crippen molar-refractivity contribution in [3.05, 3.63) is 53.6 Å². The Labute approximate surface area is 141 Å². The second kappa shape index (κ2) is 8.15. The highest BCUT2D eigenvalue weighted by molar-refractivity contribution is 5.94. The molecule has 2 rings (SSSR count). The van der Waals surface area contributed by atoms with Crippen LogP contribution in [0.5, 0.6) is 11.5 Å². The van der Waals surface area contributed by atoms with Gasteiger partial charge in [-0.15, -0.1) is 0 Å². The molecule has 0 fully saturated rings. The molecule has 5 nitrogen and oxygen atoms in total.